The van der Waals surface area contributed by atoms with Crippen LogP contribution in [0.4, 0.5) is 24.5 Å². The van der Waals surface area contributed by atoms with Crippen molar-refractivity contribution in [2.75, 3.05) is 17.1 Å². The number of halogens is 3. The summed E-state index contributed by atoms with van der Waals surface area (Å²) in [6.07, 6.45) is -2.87. The van der Waals surface area contributed by atoms with Gasteiger partial charge in [0.25, 0.3) is 0 Å². The van der Waals surface area contributed by atoms with Crippen LogP contribution in [-0.4, -0.2) is 31.3 Å². The Morgan fingerprint density at radius 1 is 1.21 bits per heavy atom. The van der Waals surface area contributed by atoms with Crippen LogP contribution < -0.4 is 14.8 Å². The number of alkyl halides is 3. The highest BCUT2D eigenvalue weighted by atomic mass is 32.2. The van der Waals surface area contributed by atoms with Gasteiger partial charge in [0.2, 0.25) is 5.91 Å². The number of hydrogen-bond donors (Lipinski definition) is 2. The van der Waals surface area contributed by atoms with Gasteiger partial charge in [0.1, 0.15) is 11.4 Å². The highest BCUT2D eigenvalue weighted by Gasteiger charge is 2.35. The molecule has 2 heterocycles. The molecule has 2 aliphatic heterocycles. The van der Waals surface area contributed by atoms with E-state index in [2.05, 4.69) is 10.0 Å². The molecule has 4 rings (SSSR count). The van der Waals surface area contributed by atoms with E-state index in [0.29, 0.717) is 28.9 Å². The third kappa shape index (κ3) is 4.83. The van der Waals surface area contributed by atoms with Gasteiger partial charge >= 0.3 is 16.4 Å². The Balaban J connectivity index is 1.61. The number of hydrogen-bond acceptors (Lipinski definition) is 4. The molecule has 0 saturated carbocycles. The number of rotatable bonds is 2. The van der Waals surface area contributed by atoms with Crippen LogP contribution in [0.25, 0.3) is 5.57 Å². The van der Waals surface area contributed by atoms with Crippen molar-refractivity contribution in [2.45, 2.75) is 38.6 Å². The van der Waals surface area contributed by atoms with Crippen LogP contribution in [0.2, 0.25) is 0 Å². The molecule has 7 nitrogen and oxygen atoms in total. The standard InChI is InChI=1S/C22H22F3N3O4S/c1-21(2)11-14(17-7-5-15(22(23,24)25)9-19(17)32-21)8-20(29)26-16-6-4-13-12-28(3)33(30,31)27-18(13)10-16/h4-10,27H,11-12H2,1-3H3,(H,26,29)/b14-8+. The largest absolute Gasteiger partial charge is 0.487 e. The summed E-state index contributed by atoms with van der Waals surface area (Å²) >= 11 is 0. The van der Waals surface area contributed by atoms with Gasteiger partial charge in [-0.2, -0.15) is 25.9 Å². The molecule has 176 valence electrons. The van der Waals surface area contributed by atoms with E-state index < -0.39 is 33.5 Å². The average molecular weight is 481 g/mol. The lowest BCUT2D eigenvalue weighted by molar-refractivity contribution is -0.137. The van der Waals surface area contributed by atoms with E-state index >= 15 is 0 Å². The summed E-state index contributed by atoms with van der Waals surface area (Å²) in [7, 11) is -2.18. The van der Waals surface area contributed by atoms with Crippen molar-refractivity contribution in [1.82, 2.24) is 4.31 Å². The number of nitrogens with zero attached hydrogens (tertiary/aromatic N) is 1. The maximum absolute atomic E-state index is 13.1. The van der Waals surface area contributed by atoms with Crippen LogP contribution in [0, 0.1) is 0 Å². The fourth-order valence-corrected chi connectivity index (χ4v) is 4.76. The van der Waals surface area contributed by atoms with Crippen molar-refractivity contribution in [3.63, 3.8) is 0 Å². The minimum Gasteiger partial charge on any atom is -0.487 e. The number of ether oxygens (including phenoxy) is 1. The number of anilines is 2. The zero-order valence-electron chi connectivity index (χ0n) is 18.1. The van der Waals surface area contributed by atoms with Crippen molar-refractivity contribution in [3.8, 4) is 5.75 Å². The highest BCUT2D eigenvalue weighted by molar-refractivity contribution is 7.90. The zero-order valence-corrected chi connectivity index (χ0v) is 18.9. The van der Waals surface area contributed by atoms with Crippen LogP contribution in [0.15, 0.2) is 42.5 Å². The van der Waals surface area contributed by atoms with E-state index in [4.69, 9.17) is 4.74 Å². The van der Waals surface area contributed by atoms with Crippen molar-refractivity contribution in [2.24, 2.45) is 0 Å². The number of carbonyl (C=O) groups excluding carboxylic acids is 1. The van der Waals surface area contributed by atoms with Gasteiger partial charge in [-0.25, -0.2) is 0 Å². The highest BCUT2D eigenvalue weighted by Crippen LogP contribution is 2.43. The van der Waals surface area contributed by atoms with E-state index in [9.17, 15) is 26.4 Å². The molecule has 1 amide bonds. The van der Waals surface area contributed by atoms with Crippen molar-refractivity contribution < 1.29 is 31.1 Å². The van der Waals surface area contributed by atoms with Crippen LogP contribution in [0.5, 0.6) is 5.75 Å². The monoisotopic (exact) mass is 481 g/mol. The van der Waals surface area contributed by atoms with E-state index in [1.54, 1.807) is 26.0 Å². The maximum atomic E-state index is 13.1. The molecule has 0 bridgehead atoms. The van der Waals surface area contributed by atoms with Gasteiger partial charge in [0, 0.05) is 37.3 Å². The minimum absolute atomic E-state index is 0.0624. The molecule has 0 radical (unpaired) electrons. The average Bonchev–Trinajstić information content (AvgIpc) is 2.66. The Morgan fingerprint density at radius 2 is 1.94 bits per heavy atom. The quantitative estimate of drug-likeness (QED) is 0.623. The third-order valence-electron chi connectivity index (χ3n) is 5.38. The lowest BCUT2D eigenvalue weighted by atomic mass is 9.88. The smallest absolute Gasteiger partial charge is 0.416 e. The molecule has 33 heavy (non-hydrogen) atoms. The van der Waals surface area contributed by atoms with Crippen LogP contribution in [-0.2, 0) is 27.7 Å². The van der Waals surface area contributed by atoms with Crippen LogP contribution in [0.3, 0.4) is 0 Å². The number of benzene rings is 2. The van der Waals surface area contributed by atoms with Crippen LogP contribution in [0.1, 0.15) is 37.0 Å². The number of carbonyl (C=O) groups is 1. The molecule has 0 unspecified atom stereocenters. The summed E-state index contributed by atoms with van der Waals surface area (Å²) < 4.78 is 72.8. The fraction of sp³-hybridized carbons (Fsp3) is 0.318. The summed E-state index contributed by atoms with van der Waals surface area (Å²) in [5, 5.41) is 2.69. The second kappa shape index (κ2) is 7.77. The van der Waals surface area contributed by atoms with Crippen molar-refractivity contribution >= 4 is 33.1 Å². The summed E-state index contributed by atoms with van der Waals surface area (Å²) in [4.78, 5) is 12.7. The molecule has 11 heteroatoms. The van der Waals surface area contributed by atoms with Crippen molar-refractivity contribution in [3.05, 3.63) is 59.2 Å². The van der Waals surface area contributed by atoms with Gasteiger partial charge < -0.3 is 10.1 Å². The summed E-state index contributed by atoms with van der Waals surface area (Å²) in [6.45, 7) is 3.66. The number of fused-ring (bicyclic) bond motifs is 2. The van der Waals surface area contributed by atoms with E-state index in [0.717, 1.165) is 17.7 Å². The molecule has 0 aromatic heterocycles. The SMILES string of the molecule is CN1Cc2ccc(NC(=O)/C=C3\CC(C)(C)Oc4cc(C(F)(F)F)ccc43)cc2NS1(=O)=O. The van der Waals surface area contributed by atoms with Gasteiger partial charge in [0.05, 0.1) is 11.3 Å². The molecular weight excluding hydrogens is 459 g/mol. The van der Waals surface area contributed by atoms with Crippen molar-refractivity contribution in [1.29, 1.82) is 0 Å². The zero-order chi connectivity index (χ0) is 24.2. The lowest BCUT2D eigenvalue weighted by Crippen LogP contribution is -2.36. The Bertz CT molecular complexity index is 1270. The third-order valence-corrected chi connectivity index (χ3v) is 6.81. The van der Waals surface area contributed by atoms with E-state index in [-0.39, 0.29) is 12.3 Å². The second-order valence-corrected chi connectivity index (χ2v) is 10.4. The molecule has 0 fully saturated rings. The fourth-order valence-electron chi connectivity index (χ4n) is 3.83. The second-order valence-electron chi connectivity index (χ2n) is 8.64. The maximum Gasteiger partial charge on any atom is 0.416 e. The lowest BCUT2D eigenvalue weighted by Gasteiger charge is -2.34. The van der Waals surface area contributed by atoms with E-state index in [1.807, 2.05) is 0 Å². The topological polar surface area (TPSA) is 87.7 Å². The molecule has 2 aromatic carbocycles. The minimum atomic E-state index is -4.51. The van der Waals surface area contributed by atoms with E-state index in [1.165, 1.54) is 29.6 Å². The Morgan fingerprint density at radius 3 is 2.64 bits per heavy atom. The molecule has 0 aliphatic carbocycles. The first-order valence-corrected chi connectivity index (χ1v) is 11.5. The van der Waals surface area contributed by atoms with Gasteiger partial charge in [-0.05, 0) is 49.2 Å². The van der Waals surface area contributed by atoms with Crippen LogP contribution >= 0.6 is 0 Å². The molecule has 0 atom stereocenters. The summed E-state index contributed by atoms with van der Waals surface area (Å²) in [5.41, 5.74) is 0.817. The summed E-state index contributed by atoms with van der Waals surface area (Å²) in [5.74, 6) is -0.434. The van der Waals surface area contributed by atoms with Gasteiger partial charge in [-0.15, -0.1) is 0 Å². The van der Waals surface area contributed by atoms with Gasteiger partial charge in [0.15, 0.2) is 0 Å². The normalized spacial score (nSPS) is 20.2. The predicted octanol–water partition coefficient (Wildman–Crippen LogP) is 4.39. The Labute approximate surface area is 189 Å². The first-order chi connectivity index (χ1) is 15.2. The van der Waals surface area contributed by atoms with Gasteiger partial charge in [-0.1, -0.05) is 12.1 Å². The molecule has 2 N–H and O–H groups in total. The summed E-state index contributed by atoms with van der Waals surface area (Å²) in [6, 6.07) is 8.08. The molecular formula is C22H22F3N3O4S. The predicted molar refractivity (Wildman–Crippen MR) is 118 cm³/mol. The molecule has 2 aliphatic rings. The Hall–Kier alpha value is -3.05. The first-order valence-electron chi connectivity index (χ1n) is 10.0. The number of nitrogens with one attached hydrogen (secondary N) is 2. The number of amides is 1. The first kappa shape index (κ1) is 23.1. The molecule has 0 spiro atoms. The molecule has 0 saturated heterocycles. The Kier molecular flexibility index (Phi) is 5.44. The molecule has 2 aromatic rings. The van der Waals surface area contributed by atoms with Gasteiger partial charge in [-0.3, -0.25) is 9.52 Å².